The van der Waals surface area contributed by atoms with Gasteiger partial charge in [0.2, 0.25) is 0 Å². The molecule has 82 valence electrons. The molecule has 5 nitrogen and oxygen atoms in total. The predicted octanol–water partition coefficient (Wildman–Crippen LogP) is -0.449. The summed E-state index contributed by atoms with van der Waals surface area (Å²) in [5.74, 6) is -0.531. The number of benzene rings is 1. The number of para-hydroxylation sites is 1. The molecule has 0 bridgehead atoms. The topological polar surface area (TPSA) is 95.6 Å². The van der Waals surface area contributed by atoms with Gasteiger partial charge in [0.05, 0.1) is 18.3 Å². The van der Waals surface area contributed by atoms with Gasteiger partial charge in [-0.1, -0.05) is 12.1 Å². The zero-order chi connectivity index (χ0) is 11.3. The van der Waals surface area contributed by atoms with E-state index in [9.17, 15) is 4.79 Å². The largest absolute Gasteiger partial charge is 0.394 e. The Morgan fingerprint density at radius 1 is 1.47 bits per heavy atom. The Bertz CT molecular complexity index is 341. The van der Waals surface area contributed by atoms with Crippen molar-refractivity contribution in [2.24, 2.45) is 5.73 Å². The van der Waals surface area contributed by atoms with Gasteiger partial charge < -0.3 is 21.3 Å². The number of amides is 1. The van der Waals surface area contributed by atoms with E-state index >= 15 is 0 Å². The highest BCUT2D eigenvalue weighted by molar-refractivity contribution is 5.98. The molecule has 0 saturated heterocycles. The summed E-state index contributed by atoms with van der Waals surface area (Å²) >= 11 is 0. The highest BCUT2D eigenvalue weighted by atomic mass is 16.3. The van der Waals surface area contributed by atoms with Gasteiger partial charge in [-0.15, -0.1) is 0 Å². The summed E-state index contributed by atoms with van der Waals surface area (Å²) in [5.41, 5.74) is 6.08. The summed E-state index contributed by atoms with van der Waals surface area (Å²) in [6, 6.07) is 6.73. The van der Waals surface area contributed by atoms with E-state index in [0.717, 1.165) is 0 Å². The quantitative estimate of drug-likeness (QED) is 0.529. The molecule has 0 aliphatic heterocycles. The first-order chi connectivity index (χ1) is 7.15. The number of anilines is 1. The molecule has 0 spiro atoms. The molecule has 1 atom stereocenters. The lowest BCUT2D eigenvalue weighted by atomic mass is 10.1. The van der Waals surface area contributed by atoms with Crippen molar-refractivity contribution in [2.45, 2.75) is 6.10 Å². The van der Waals surface area contributed by atoms with E-state index in [0.29, 0.717) is 11.3 Å². The van der Waals surface area contributed by atoms with Crippen LogP contribution in [0.15, 0.2) is 24.3 Å². The van der Waals surface area contributed by atoms with Crippen LogP contribution < -0.4 is 11.1 Å². The highest BCUT2D eigenvalue weighted by Gasteiger charge is 2.08. The monoisotopic (exact) mass is 210 g/mol. The standard InChI is InChI=1S/C10H14N2O3/c11-10(15)8-3-1-2-4-9(8)12-5-7(14)6-13/h1-4,7,12-14H,5-6H2,(H2,11,15). The minimum absolute atomic E-state index is 0.167. The minimum Gasteiger partial charge on any atom is -0.394 e. The van der Waals surface area contributed by atoms with E-state index in [-0.39, 0.29) is 13.2 Å². The van der Waals surface area contributed by atoms with Crippen LogP contribution in [0.4, 0.5) is 5.69 Å². The summed E-state index contributed by atoms with van der Waals surface area (Å²) in [5, 5.41) is 20.6. The van der Waals surface area contributed by atoms with Gasteiger partial charge in [-0.3, -0.25) is 4.79 Å². The minimum atomic E-state index is -0.856. The molecular formula is C10H14N2O3. The third kappa shape index (κ3) is 3.23. The van der Waals surface area contributed by atoms with Gasteiger partial charge in [0.25, 0.3) is 5.91 Å². The van der Waals surface area contributed by atoms with Crippen molar-refractivity contribution in [2.75, 3.05) is 18.5 Å². The number of rotatable bonds is 5. The summed E-state index contributed by atoms with van der Waals surface area (Å²) in [6.07, 6.45) is -0.856. The van der Waals surface area contributed by atoms with Crippen LogP contribution in [0.25, 0.3) is 0 Å². The van der Waals surface area contributed by atoms with Gasteiger partial charge in [-0.25, -0.2) is 0 Å². The van der Waals surface area contributed by atoms with Crippen molar-refractivity contribution in [1.82, 2.24) is 0 Å². The number of primary amides is 1. The first-order valence-corrected chi connectivity index (χ1v) is 4.56. The van der Waals surface area contributed by atoms with E-state index in [1.54, 1.807) is 24.3 Å². The fourth-order valence-corrected chi connectivity index (χ4v) is 1.14. The maximum atomic E-state index is 11.0. The van der Waals surface area contributed by atoms with Crippen LogP contribution >= 0.6 is 0 Å². The number of hydrogen-bond acceptors (Lipinski definition) is 4. The fraction of sp³-hybridized carbons (Fsp3) is 0.300. The average molecular weight is 210 g/mol. The normalized spacial score (nSPS) is 12.1. The second kappa shape index (κ2) is 5.33. The second-order valence-corrected chi connectivity index (χ2v) is 3.13. The lowest BCUT2D eigenvalue weighted by molar-refractivity contribution is 0.0999. The number of carbonyl (C=O) groups is 1. The van der Waals surface area contributed by atoms with Crippen LogP contribution in [-0.2, 0) is 0 Å². The van der Waals surface area contributed by atoms with Crippen molar-refractivity contribution in [3.05, 3.63) is 29.8 Å². The van der Waals surface area contributed by atoms with E-state index in [4.69, 9.17) is 15.9 Å². The van der Waals surface area contributed by atoms with Gasteiger partial charge in [-0.2, -0.15) is 0 Å². The number of nitrogens with one attached hydrogen (secondary N) is 1. The van der Waals surface area contributed by atoms with Crippen molar-refractivity contribution < 1.29 is 15.0 Å². The molecule has 1 amide bonds. The lowest BCUT2D eigenvalue weighted by Gasteiger charge is -2.12. The molecule has 0 heterocycles. The SMILES string of the molecule is NC(=O)c1ccccc1NCC(O)CO. The first kappa shape index (κ1) is 11.5. The van der Waals surface area contributed by atoms with E-state index in [1.807, 2.05) is 0 Å². The molecule has 5 N–H and O–H groups in total. The number of carbonyl (C=O) groups excluding carboxylic acids is 1. The van der Waals surface area contributed by atoms with Crippen LogP contribution in [0.5, 0.6) is 0 Å². The summed E-state index contributed by atoms with van der Waals surface area (Å²) < 4.78 is 0. The molecule has 15 heavy (non-hydrogen) atoms. The molecule has 0 aromatic heterocycles. The number of aliphatic hydroxyl groups excluding tert-OH is 2. The first-order valence-electron chi connectivity index (χ1n) is 4.56. The third-order valence-electron chi connectivity index (χ3n) is 1.93. The fourth-order valence-electron chi connectivity index (χ4n) is 1.14. The Balaban J connectivity index is 2.72. The van der Waals surface area contributed by atoms with Crippen molar-refractivity contribution in [3.8, 4) is 0 Å². The number of aliphatic hydroxyl groups is 2. The molecule has 0 fully saturated rings. The smallest absolute Gasteiger partial charge is 0.250 e. The lowest BCUT2D eigenvalue weighted by Crippen LogP contribution is -2.24. The highest BCUT2D eigenvalue weighted by Crippen LogP contribution is 2.13. The zero-order valence-electron chi connectivity index (χ0n) is 8.18. The predicted molar refractivity (Wildman–Crippen MR) is 56.5 cm³/mol. The van der Waals surface area contributed by atoms with Crippen LogP contribution in [0, 0.1) is 0 Å². The van der Waals surface area contributed by atoms with Crippen LogP contribution in [0.3, 0.4) is 0 Å². The van der Waals surface area contributed by atoms with Gasteiger partial charge in [0, 0.05) is 12.2 Å². The molecule has 1 aromatic carbocycles. The molecule has 0 aliphatic rings. The van der Waals surface area contributed by atoms with Crippen molar-refractivity contribution >= 4 is 11.6 Å². The maximum absolute atomic E-state index is 11.0. The molecule has 1 rings (SSSR count). The van der Waals surface area contributed by atoms with Gasteiger partial charge in [0.1, 0.15) is 0 Å². The third-order valence-corrected chi connectivity index (χ3v) is 1.93. The van der Waals surface area contributed by atoms with Crippen molar-refractivity contribution in [3.63, 3.8) is 0 Å². The second-order valence-electron chi connectivity index (χ2n) is 3.13. The average Bonchev–Trinajstić information content (AvgIpc) is 2.26. The molecular weight excluding hydrogens is 196 g/mol. The number of nitrogens with two attached hydrogens (primary N) is 1. The van der Waals surface area contributed by atoms with Gasteiger partial charge >= 0.3 is 0 Å². The Kier molecular flexibility index (Phi) is 4.08. The Morgan fingerprint density at radius 2 is 2.13 bits per heavy atom. The molecule has 1 aromatic rings. The van der Waals surface area contributed by atoms with Crippen LogP contribution in [-0.4, -0.2) is 35.4 Å². The Labute approximate surface area is 87.5 Å². The van der Waals surface area contributed by atoms with Gasteiger partial charge in [0.15, 0.2) is 0 Å². The number of hydrogen-bond donors (Lipinski definition) is 4. The summed E-state index contributed by atoms with van der Waals surface area (Å²) in [6.45, 7) is -0.160. The van der Waals surface area contributed by atoms with Crippen LogP contribution in [0.1, 0.15) is 10.4 Å². The zero-order valence-corrected chi connectivity index (χ0v) is 8.18. The van der Waals surface area contributed by atoms with Crippen LogP contribution in [0.2, 0.25) is 0 Å². The summed E-state index contributed by atoms with van der Waals surface area (Å²) in [4.78, 5) is 11.0. The maximum Gasteiger partial charge on any atom is 0.250 e. The Hall–Kier alpha value is -1.59. The molecule has 5 heteroatoms. The Morgan fingerprint density at radius 3 is 2.73 bits per heavy atom. The summed E-state index contributed by atoms with van der Waals surface area (Å²) in [7, 11) is 0. The van der Waals surface area contributed by atoms with E-state index in [1.165, 1.54) is 0 Å². The molecule has 0 saturated carbocycles. The van der Waals surface area contributed by atoms with E-state index in [2.05, 4.69) is 5.32 Å². The van der Waals surface area contributed by atoms with Gasteiger partial charge in [-0.05, 0) is 12.1 Å². The van der Waals surface area contributed by atoms with E-state index < -0.39 is 12.0 Å². The molecule has 0 radical (unpaired) electrons. The molecule has 0 aliphatic carbocycles. The molecule has 1 unspecified atom stereocenters. The van der Waals surface area contributed by atoms with Crippen molar-refractivity contribution in [1.29, 1.82) is 0 Å².